The number of nitrogens with zero attached hydrogens (tertiary/aromatic N) is 1. The molecule has 0 bridgehead atoms. The molecule has 0 rings (SSSR count). The van der Waals surface area contributed by atoms with Crippen LogP contribution in [0.3, 0.4) is 0 Å². The first-order chi connectivity index (χ1) is 11.5. The molecule has 0 aliphatic heterocycles. The first-order valence-electron chi connectivity index (χ1n) is 9.13. The van der Waals surface area contributed by atoms with Gasteiger partial charge in [0.25, 0.3) is 0 Å². The Balaban J connectivity index is 5.30. The summed E-state index contributed by atoms with van der Waals surface area (Å²) in [5.41, 5.74) is 8.60. The Morgan fingerprint density at radius 1 is 1.32 bits per heavy atom. The molecule has 1 unspecified atom stereocenters. The fourth-order valence-electron chi connectivity index (χ4n) is 2.25. The van der Waals surface area contributed by atoms with Gasteiger partial charge < -0.3 is 10.5 Å². The molecule has 0 aromatic carbocycles. The summed E-state index contributed by atoms with van der Waals surface area (Å²) in [7, 11) is -1.04. The summed E-state index contributed by atoms with van der Waals surface area (Å²) in [6.07, 6.45) is 4.81. The number of hydrogen-bond donors (Lipinski definition) is 1. The fraction of sp³-hybridized carbons (Fsp3) is 0.650. The molecule has 3 nitrogen and oxygen atoms in total. The highest BCUT2D eigenvalue weighted by Gasteiger charge is 2.16. The molecule has 25 heavy (non-hydrogen) atoms. The Labute approximate surface area is 164 Å². The first kappa shape index (κ1) is 24.3. The van der Waals surface area contributed by atoms with Gasteiger partial charge in [0.15, 0.2) is 0 Å². The molecule has 0 aliphatic carbocycles. The molecule has 0 aromatic rings. The van der Waals surface area contributed by atoms with Crippen molar-refractivity contribution in [1.82, 2.24) is 0 Å². The number of allylic oxidation sites excluding steroid dienone is 2. The van der Waals surface area contributed by atoms with Gasteiger partial charge in [-0.15, -0.1) is 0 Å². The summed E-state index contributed by atoms with van der Waals surface area (Å²) in [5, 5.41) is 0. The van der Waals surface area contributed by atoms with Crippen molar-refractivity contribution < 1.29 is 4.74 Å². The molecule has 0 aromatic heterocycles. The van der Waals surface area contributed by atoms with E-state index in [0.29, 0.717) is 16.4 Å². The largest absolute Gasteiger partial charge is 0.402 e. The van der Waals surface area contributed by atoms with Gasteiger partial charge in [-0.05, 0) is 52.4 Å². The normalized spacial score (nSPS) is 15.6. The predicted molar refractivity (Wildman–Crippen MR) is 119 cm³/mol. The van der Waals surface area contributed by atoms with E-state index in [1.165, 1.54) is 17.8 Å². The van der Waals surface area contributed by atoms with Gasteiger partial charge in [0.1, 0.15) is 4.61 Å². The van der Waals surface area contributed by atoms with E-state index in [-0.39, 0.29) is 0 Å². The van der Waals surface area contributed by atoms with Crippen molar-refractivity contribution in [2.24, 2.45) is 22.6 Å². The molecule has 1 atom stereocenters. The lowest BCUT2D eigenvalue weighted by Crippen LogP contribution is -2.22. The van der Waals surface area contributed by atoms with Crippen LogP contribution in [-0.4, -0.2) is 27.0 Å². The summed E-state index contributed by atoms with van der Waals surface area (Å²) in [6, 6.07) is 1.21. The molecular formula is C20H37BrN2OSi. The quantitative estimate of drug-likeness (QED) is 0.186. The van der Waals surface area contributed by atoms with Gasteiger partial charge in [-0.3, -0.25) is 0 Å². The van der Waals surface area contributed by atoms with Crippen LogP contribution >= 0.6 is 15.9 Å². The van der Waals surface area contributed by atoms with Crippen LogP contribution in [0.5, 0.6) is 0 Å². The van der Waals surface area contributed by atoms with E-state index in [1.807, 2.05) is 6.92 Å². The SMILES string of the molecule is C=C(C)C(=N\C(Br)=C/N)/C(=C\C(CC)COCC[Si](C)(C)C)C(C)C. The third kappa shape index (κ3) is 10.8. The van der Waals surface area contributed by atoms with E-state index in [9.17, 15) is 0 Å². The lowest BCUT2D eigenvalue weighted by atomic mass is 9.90. The molecule has 0 saturated heterocycles. The minimum absolute atomic E-state index is 0.351. The molecule has 144 valence electrons. The van der Waals surface area contributed by atoms with Gasteiger partial charge in [0.2, 0.25) is 0 Å². The monoisotopic (exact) mass is 428 g/mol. The van der Waals surface area contributed by atoms with E-state index in [4.69, 9.17) is 10.5 Å². The topological polar surface area (TPSA) is 47.6 Å². The van der Waals surface area contributed by atoms with Crippen molar-refractivity contribution >= 4 is 29.7 Å². The Kier molecular flexibility index (Phi) is 11.6. The lowest BCUT2D eigenvalue weighted by molar-refractivity contribution is 0.122. The van der Waals surface area contributed by atoms with Crippen LogP contribution < -0.4 is 5.73 Å². The highest BCUT2D eigenvalue weighted by Crippen LogP contribution is 2.23. The average Bonchev–Trinajstić information content (AvgIpc) is 2.50. The maximum Gasteiger partial charge on any atom is 0.122 e. The van der Waals surface area contributed by atoms with Crippen LogP contribution in [0.4, 0.5) is 0 Å². The maximum atomic E-state index is 5.97. The van der Waals surface area contributed by atoms with Crippen molar-refractivity contribution in [3.8, 4) is 0 Å². The predicted octanol–water partition coefficient (Wildman–Crippen LogP) is 6.12. The third-order valence-electron chi connectivity index (χ3n) is 3.92. The smallest absolute Gasteiger partial charge is 0.122 e. The zero-order valence-electron chi connectivity index (χ0n) is 17.2. The third-order valence-corrected chi connectivity index (χ3v) is 6.07. The first-order valence-corrected chi connectivity index (χ1v) is 13.6. The van der Waals surface area contributed by atoms with Crippen LogP contribution in [0.1, 0.15) is 34.1 Å². The van der Waals surface area contributed by atoms with Crippen LogP contribution in [0, 0.1) is 11.8 Å². The van der Waals surface area contributed by atoms with E-state index < -0.39 is 8.07 Å². The summed E-state index contributed by atoms with van der Waals surface area (Å²) < 4.78 is 6.59. The maximum absolute atomic E-state index is 5.97. The molecule has 0 amide bonds. The van der Waals surface area contributed by atoms with Gasteiger partial charge in [-0.2, -0.15) is 0 Å². The van der Waals surface area contributed by atoms with Crippen molar-refractivity contribution in [1.29, 1.82) is 0 Å². The van der Waals surface area contributed by atoms with Crippen molar-refractivity contribution in [2.45, 2.75) is 59.8 Å². The molecule has 0 spiro atoms. The number of halogens is 1. The Morgan fingerprint density at radius 3 is 2.32 bits per heavy atom. The molecule has 2 N–H and O–H groups in total. The Hall–Kier alpha value is -0.653. The molecule has 0 fully saturated rings. The minimum atomic E-state index is -1.04. The zero-order valence-corrected chi connectivity index (χ0v) is 19.7. The number of aliphatic imine (C=N–C) groups is 1. The van der Waals surface area contributed by atoms with Crippen molar-refractivity contribution in [3.05, 3.63) is 34.6 Å². The summed E-state index contributed by atoms with van der Waals surface area (Å²) in [5.74, 6) is 0.730. The molecule has 0 heterocycles. The standard InChI is InChI=1S/C20H37BrN2OSi/c1-9-17(14-24-10-11-25(6,7)8)12-18(15(2)3)20(16(4)5)23-19(21)13-22/h12-13,15,17H,4,9-11,14,22H2,1-3,5-8H3/b18-12-,19-13-,23-20+. The second-order valence-corrected chi connectivity index (χ2v) is 14.5. The van der Waals surface area contributed by atoms with Gasteiger partial charge >= 0.3 is 0 Å². The van der Waals surface area contributed by atoms with Crippen LogP contribution in [-0.2, 0) is 4.74 Å². The second-order valence-electron chi connectivity index (χ2n) is 8.06. The molecule has 0 radical (unpaired) electrons. The lowest BCUT2D eigenvalue weighted by Gasteiger charge is -2.20. The molecule has 0 saturated carbocycles. The molecular weight excluding hydrogens is 392 g/mol. The highest BCUT2D eigenvalue weighted by molar-refractivity contribution is 9.11. The summed E-state index contributed by atoms with van der Waals surface area (Å²) >= 11 is 3.38. The summed E-state index contributed by atoms with van der Waals surface area (Å²) in [6.45, 7) is 21.4. The Morgan fingerprint density at radius 2 is 1.92 bits per heavy atom. The van der Waals surface area contributed by atoms with Gasteiger partial charge in [0, 0.05) is 26.8 Å². The highest BCUT2D eigenvalue weighted by atomic mass is 79.9. The van der Waals surface area contributed by atoms with Gasteiger partial charge in [0.05, 0.1) is 12.3 Å². The Bertz CT molecular complexity index is 516. The second kappa shape index (κ2) is 11.9. The number of nitrogens with two attached hydrogens (primary N) is 1. The van der Waals surface area contributed by atoms with E-state index in [0.717, 1.165) is 30.9 Å². The molecule has 0 aliphatic rings. The van der Waals surface area contributed by atoms with Gasteiger partial charge in [-0.25, -0.2) is 4.99 Å². The zero-order chi connectivity index (χ0) is 19.6. The van der Waals surface area contributed by atoms with Crippen molar-refractivity contribution in [3.63, 3.8) is 0 Å². The van der Waals surface area contributed by atoms with E-state index >= 15 is 0 Å². The van der Waals surface area contributed by atoms with Gasteiger partial charge in [-0.1, -0.05) is 53.1 Å². The van der Waals surface area contributed by atoms with E-state index in [1.54, 1.807) is 0 Å². The number of rotatable bonds is 11. The fourth-order valence-corrected chi connectivity index (χ4v) is 3.18. The van der Waals surface area contributed by atoms with Crippen LogP contribution in [0.25, 0.3) is 0 Å². The number of hydrogen-bond acceptors (Lipinski definition) is 3. The number of ether oxygens (including phenoxy) is 1. The average molecular weight is 430 g/mol. The van der Waals surface area contributed by atoms with E-state index in [2.05, 4.69) is 74.0 Å². The molecule has 5 heteroatoms. The van der Waals surface area contributed by atoms with Crippen LogP contribution in [0.2, 0.25) is 25.7 Å². The minimum Gasteiger partial charge on any atom is -0.402 e. The summed E-state index contributed by atoms with van der Waals surface area (Å²) in [4.78, 5) is 4.60. The van der Waals surface area contributed by atoms with Crippen LogP contribution in [0.15, 0.2) is 39.6 Å². The van der Waals surface area contributed by atoms with Crippen molar-refractivity contribution in [2.75, 3.05) is 13.2 Å².